The van der Waals surface area contributed by atoms with E-state index in [4.69, 9.17) is 4.74 Å². The Morgan fingerprint density at radius 2 is 1.88 bits per heavy atom. The van der Waals surface area contributed by atoms with Crippen LogP contribution in [0.3, 0.4) is 0 Å². The van der Waals surface area contributed by atoms with Crippen LogP contribution in [-0.4, -0.2) is 60.3 Å². The summed E-state index contributed by atoms with van der Waals surface area (Å²) < 4.78 is 30.0. The number of ether oxygens (including phenoxy) is 1. The fourth-order valence-corrected chi connectivity index (χ4v) is 4.21. The van der Waals surface area contributed by atoms with E-state index in [2.05, 4.69) is 9.97 Å². The van der Waals surface area contributed by atoms with Gasteiger partial charge in [0.15, 0.2) is 0 Å². The smallest absolute Gasteiger partial charge is 0.416 e. The SMILES string of the molecule is Cc1cc(N2C(=O)OCC2(C)C)nc(C2CCN(S(C)(=O)=O)CC2)n1. The molecule has 2 fully saturated rings. The number of amides is 1. The van der Waals surface area contributed by atoms with E-state index in [0.29, 0.717) is 44.2 Å². The van der Waals surface area contributed by atoms with Gasteiger partial charge in [0, 0.05) is 30.8 Å². The highest BCUT2D eigenvalue weighted by atomic mass is 32.2. The summed E-state index contributed by atoms with van der Waals surface area (Å²) >= 11 is 0. The molecule has 0 radical (unpaired) electrons. The van der Waals surface area contributed by atoms with Gasteiger partial charge in [-0.1, -0.05) is 0 Å². The number of cyclic esters (lactones) is 1. The summed E-state index contributed by atoms with van der Waals surface area (Å²) in [5.74, 6) is 1.29. The number of rotatable bonds is 3. The van der Waals surface area contributed by atoms with Crippen molar-refractivity contribution in [3.05, 3.63) is 17.6 Å². The third-order valence-electron chi connectivity index (χ3n) is 4.71. The number of carbonyl (C=O) groups is 1. The number of anilines is 1. The molecular weight excluding hydrogens is 344 g/mol. The Labute approximate surface area is 148 Å². The van der Waals surface area contributed by atoms with Crippen LogP contribution in [0.2, 0.25) is 0 Å². The largest absolute Gasteiger partial charge is 0.447 e. The quantitative estimate of drug-likeness (QED) is 0.806. The van der Waals surface area contributed by atoms with Gasteiger partial charge in [-0.2, -0.15) is 0 Å². The van der Waals surface area contributed by atoms with Gasteiger partial charge in [-0.3, -0.25) is 4.90 Å². The Balaban J connectivity index is 1.85. The summed E-state index contributed by atoms with van der Waals surface area (Å²) in [4.78, 5) is 22.8. The monoisotopic (exact) mass is 368 g/mol. The van der Waals surface area contributed by atoms with Crippen molar-refractivity contribution >= 4 is 21.9 Å². The maximum Gasteiger partial charge on any atom is 0.416 e. The molecule has 138 valence electrons. The molecule has 25 heavy (non-hydrogen) atoms. The molecule has 2 aliphatic rings. The first-order valence-electron chi connectivity index (χ1n) is 8.35. The van der Waals surface area contributed by atoms with Crippen molar-refractivity contribution in [2.24, 2.45) is 0 Å². The molecule has 0 unspecified atom stereocenters. The van der Waals surface area contributed by atoms with Gasteiger partial charge in [0.1, 0.15) is 18.2 Å². The normalized spacial score (nSPS) is 22.2. The molecule has 0 N–H and O–H groups in total. The molecule has 0 aliphatic carbocycles. The predicted octanol–water partition coefficient (Wildman–Crippen LogP) is 1.66. The Morgan fingerprint density at radius 3 is 2.40 bits per heavy atom. The zero-order chi connectivity index (χ0) is 18.4. The average Bonchev–Trinajstić information content (AvgIpc) is 2.79. The maximum absolute atomic E-state index is 12.1. The standard InChI is InChI=1S/C16H24N4O4S/c1-11-9-13(20-15(21)24-10-16(20,2)3)18-14(17-11)12-5-7-19(8-6-12)25(4,22)23/h9,12H,5-8,10H2,1-4H3. The van der Waals surface area contributed by atoms with E-state index in [0.717, 1.165) is 5.69 Å². The van der Waals surface area contributed by atoms with Crippen LogP contribution in [0.25, 0.3) is 0 Å². The number of aromatic nitrogens is 2. The second kappa shape index (κ2) is 6.21. The minimum atomic E-state index is -3.16. The van der Waals surface area contributed by atoms with E-state index < -0.39 is 21.7 Å². The number of hydrogen-bond acceptors (Lipinski definition) is 6. The van der Waals surface area contributed by atoms with Crippen LogP contribution in [0.15, 0.2) is 6.07 Å². The summed E-state index contributed by atoms with van der Waals surface area (Å²) in [7, 11) is -3.16. The highest BCUT2D eigenvalue weighted by molar-refractivity contribution is 7.88. The molecule has 2 saturated heterocycles. The van der Waals surface area contributed by atoms with Crippen molar-refractivity contribution in [3.63, 3.8) is 0 Å². The Kier molecular flexibility index (Phi) is 4.48. The molecule has 0 saturated carbocycles. The molecule has 9 heteroatoms. The Bertz CT molecular complexity index is 785. The van der Waals surface area contributed by atoms with Crippen LogP contribution >= 0.6 is 0 Å². The molecule has 8 nitrogen and oxygen atoms in total. The minimum absolute atomic E-state index is 0.0818. The molecule has 3 rings (SSSR count). The molecule has 2 aliphatic heterocycles. The van der Waals surface area contributed by atoms with Crippen LogP contribution in [0.1, 0.15) is 44.1 Å². The van der Waals surface area contributed by atoms with Gasteiger partial charge in [0.2, 0.25) is 10.0 Å². The van der Waals surface area contributed by atoms with Crippen LogP contribution in [0, 0.1) is 6.92 Å². The minimum Gasteiger partial charge on any atom is -0.447 e. The number of nitrogens with zero attached hydrogens (tertiary/aromatic N) is 4. The van der Waals surface area contributed by atoms with Gasteiger partial charge in [0.05, 0.1) is 11.8 Å². The highest BCUT2D eigenvalue weighted by Gasteiger charge is 2.42. The molecule has 0 spiro atoms. The van der Waals surface area contributed by atoms with E-state index in [1.165, 1.54) is 10.6 Å². The van der Waals surface area contributed by atoms with Crippen molar-refractivity contribution in [1.29, 1.82) is 0 Å². The van der Waals surface area contributed by atoms with E-state index >= 15 is 0 Å². The number of piperidine rings is 1. The van der Waals surface area contributed by atoms with Gasteiger partial charge in [-0.25, -0.2) is 27.5 Å². The molecular formula is C16H24N4O4S. The molecule has 0 aromatic carbocycles. The molecule has 1 amide bonds. The van der Waals surface area contributed by atoms with Gasteiger partial charge < -0.3 is 4.74 Å². The van der Waals surface area contributed by atoms with Crippen molar-refractivity contribution < 1.29 is 17.9 Å². The number of carbonyl (C=O) groups excluding carboxylic acids is 1. The van der Waals surface area contributed by atoms with Gasteiger partial charge in [0.25, 0.3) is 0 Å². The Morgan fingerprint density at radius 1 is 1.24 bits per heavy atom. The summed E-state index contributed by atoms with van der Waals surface area (Å²) in [5, 5.41) is 0. The maximum atomic E-state index is 12.1. The number of hydrogen-bond donors (Lipinski definition) is 0. The lowest BCUT2D eigenvalue weighted by Crippen LogP contribution is -2.43. The van der Waals surface area contributed by atoms with E-state index in [-0.39, 0.29) is 5.92 Å². The van der Waals surface area contributed by atoms with Gasteiger partial charge in [-0.15, -0.1) is 0 Å². The predicted molar refractivity (Wildman–Crippen MR) is 93.1 cm³/mol. The fraction of sp³-hybridized carbons (Fsp3) is 0.688. The lowest BCUT2D eigenvalue weighted by Gasteiger charge is -2.31. The summed E-state index contributed by atoms with van der Waals surface area (Å²) in [6, 6.07) is 1.78. The molecule has 3 heterocycles. The molecule has 1 aromatic rings. The van der Waals surface area contributed by atoms with Crippen molar-refractivity contribution in [2.75, 3.05) is 30.9 Å². The second-order valence-corrected chi connectivity index (χ2v) is 9.35. The van der Waals surface area contributed by atoms with Crippen LogP contribution < -0.4 is 4.90 Å². The molecule has 0 bridgehead atoms. The number of aryl methyl sites for hydroxylation is 1. The van der Waals surface area contributed by atoms with Gasteiger partial charge in [-0.05, 0) is 33.6 Å². The van der Waals surface area contributed by atoms with Gasteiger partial charge >= 0.3 is 6.09 Å². The van der Waals surface area contributed by atoms with Crippen LogP contribution in [-0.2, 0) is 14.8 Å². The highest BCUT2D eigenvalue weighted by Crippen LogP contribution is 2.32. The van der Waals surface area contributed by atoms with Crippen molar-refractivity contribution in [1.82, 2.24) is 14.3 Å². The van der Waals surface area contributed by atoms with Crippen molar-refractivity contribution in [2.45, 2.75) is 45.1 Å². The fourth-order valence-electron chi connectivity index (χ4n) is 3.34. The first kappa shape index (κ1) is 18.1. The lowest BCUT2D eigenvalue weighted by molar-refractivity contribution is 0.175. The number of sulfonamides is 1. The summed E-state index contributed by atoms with van der Waals surface area (Å²) in [5.41, 5.74) is 0.315. The first-order chi connectivity index (χ1) is 11.6. The first-order valence-corrected chi connectivity index (χ1v) is 10.2. The lowest BCUT2D eigenvalue weighted by atomic mass is 9.97. The zero-order valence-corrected chi connectivity index (χ0v) is 15.8. The molecule has 1 aromatic heterocycles. The molecule has 0 atom stereocenters. The van der Waals surface area contributed by atoms with Crippen LogP contribution in [0.5, 0.6) is 0 Å². The Hall–Kier alpha value is -1.74. The van der Waals surface area contributed by atoms with E-state index in [1.807, 2.05) is 20.8 Å². The van der Waals surface area contributed by atoms with E-state index in [1.54, 1.807) is 11.0 Å². The third-order valence-corrected chi connectivity index (χ3v) is 6.02. The summed E-state index contributed by atoms with van der Waals surface area (Å²) in [6.07, 6.45) is 2.17. The topological polar surface area (TPSA) is 92.7 Å². The zero-order valence-electron chi connectivity index (χ0n) is 15.0. The van der Waals surface area contributed by atoms with Crippen molar-refractivity contribution in [3.8, 4) is 0 Å². The van der Waals surface area contributed by atoms with E-state index in [9.17, 15) is 13.2 Å². The summed E-state index contributed by atoms with van der Waals surface area (Å²) in [6.45, 7) is 6.98. The average molecular weight is 368 g/mol. The third kappa shape index (κ3) is 3.62. The second-order valence-electron chi connectivity index (χ2n) is 7.36. The van der Waals surface area contributed by atoms with Crippen LogP contribution in [0.4, 0.5) is 10.6 Å².